The fourth-order valence-corrected chi connectivity index (χ4v) is 5.93. The van der Waals surface area contributed by atoms with Crippen molar-refractivity contribution >= 4 is 23.2 Å². The number of thiophene rings is 1. The van der Waals surface area contributed by atoms with Gasteiger partial charge < -0.3 is 19.3 Å². The highest BCUT2D eigenvalue weighted by molar-refractivity contribution is 7.10. The lowest BCUT2D eigenvalue weighted by molar-refractivity contribution is -0.135. The quantitative estimate of drug-likeness (QED) is 0.379. The lowest BCUT2D eigenvalue weighted by Gasteiger charge is -2.37. The zero-order valence-electron chi connectivity index (χ0n) is 21.7. The fraction of sp³-hybridized carbons (Fsp3) is 0.400. The first-order valence-electron chi connectivity index (χ1n) is 12.9. The average Bonchev–Trinajstić information content (AvgIpc) is 3.59. The van der Waals surface area contributed by atoms with Gasteiger partial charge in [-0.15, -0.1) is 11.3 Å². The first-order valence-corrected chi connectivity index (χ1v) is 13.8. The Balaban J connectivity index is 1.34. The standard InChI is InChI=1S/C30H34N2O4S/c1-20-4-11-27(21(2)16-20)36-19-26-25-13-15-37-28(25)12-14-32(26)29(33)18-31(17-22-5-6-22)30(34)23-7-9-24(35-3)10-8-23/h4,7-11,13,15-16,22,26H,5-6,12,14,17-19H2,1-3H3/t26-/m0/s1. The van der Waals surface area contributed by atoms with Crippen LogP contribution in [-0.4, -0.2) is 55.0 Å². The van der Waals surface area contributed by atoms with Crippen LogP contribution in [0.4, 0.5) is 0 Å². The molecule has 194 valence electrons. The van der Waals surface area contributed by atoms with E-state index in [-0.39, 0.29) is 24.4 Å². The Morgan fingerprint density at radius 2 is 1.86 bits per heavy atom. The molecule has 2 aliphatic rings. The highest BCUT2D eigenvalue weighted by atomic mass is 32.1. The summed E-state index contributed by atoms with van der Waals surface area (Å²) in [6.07, 6.45) is 3.04. The number of fused-ring (bicyclic) bond motifs is 1. The lowest BCUT2D eigenvalue weighted by atomic mass is 10.00. The van der Waals surface area contributed by atoms with Crippen LogP contribution in [0.3, 0.4) is 0 Å². The fourth-order valence-electron chi connectivity index (χ4n) is 5.01. The molecule has 5 rings (SSSR count). The second-order valence-electron chi connectivity index (χ2n) is 10.1. The summed E-state index contributed by atoms with van der Waals surface area (Å²) in [7, 11) is 1.60. The molecule has 0 bridgehead atoms. The minimum Gasteiger partial charge on any atom is -0.497 e. The third-order valence-electron chi connectivity index (χ3n) is 7.27. The smallest absolute Gasteiger partial charge is 0.254 e. The van der Waals surface area contributed by atoms with Crippen molar-refractivity contribution in [2.45, 2.75) is 39.2 Å². The number of ether oxygens (including phenoxy) is 2. The minimum atomic E-state index is -0.179. The Morgan fingerprint density at radius 1 is 1.08 bits per heavy atom. The molecule has 2 amide bonds. The molecule has 7 heteroatoms. The maximum absolute atomic E-state index is 13.8. The van der Waals surface area contributed by atoms with Crippen molar-refractivity contribution in [1.29, 1.82) is 0 Å². The molecule has 1 aromatic heterocycles. The number of benzene rings is 2. The van der Waals surface area contributed by atoms with Gasteiger partial charge in [0.25, 0.3) is 5.91 Å². The summed E-state index contributed by atoms with van der Waals surface area (Å²) in [6.45, 7) is 5.80. The number of carbonyl (C=O) groups excluding carboxylic acids is 2. The van der Waals surface area contributed by atoms with Crippen molar-refractivity contribution in [3.8, 4) is 11.5 Å². The van der Waals surface area contributed by atoms with E-state index in [1.165, 1.54) is 10.4 Å². The van der Waals surface area contributed by atoms with Crippen LogP contribution in [-0.2, 0) is 11.2 Å². The molecular formula is C30H34N2O4S. The molecule has 6 nitrogen and oxygen atoms in total. The number of methoxy groups -OCH3 is 1. The molecule has 0 saturated heterocycles. The first-order chi connectivity index (χ1) is 17.9. The SMILES string of the molecule is COc1ccc(C(=O)N(CC(=O)N2CCc3sccc3[C@@H]2COc2ccc(C)cc2C)CC2CC2)cc1. The van der Waals surface area contributed by atoms with Gasteiger partial charge in [0.15, 0.2) is 0 Å². The number of rotatable bonds is 9. The predicted octanol–water partition coefficient (Wildman–Crippen LogP) is 5.43. The zero-order valence-corrected chi connectivity index (χ0v) is 22.6. The largest absolute Gasteiger partial charge is 0.497 e. The van der Waals surface area contributed by atoms with Crippen molar-refractivity contribution < 1.29 is 19.1 Å². The van der Waals surface area contributed by atoms with E-state index < -0.39 is 0 Å². The van der Waals surface area contributed by atoms with Crippen molar-refractivity contribution in [3.05, 3.63) is 81.0 Å². The van der Waals surface area contributed by atoms with E-state index >= 15 is 0 Å². The molecule has 0 spiro atoms. The van der Waals surface area contributed by atoms with Gasteiger partial charge in [0, 0.05) is 23.5 Å². The molecule has 1 saturated carbocycles. The number of aryl methyl sites for hydroxylation is 2. The van der Waals surface area contributed by atoms with Crippen LogP contribution in [0.15, 0.2) is 53.9 Å². The molecule has 0 unspecified atom stereocenters. The molecule has 0 radical (unpaired) electrons. The van der Waals surface area contributed by atoms with E-state index in [0.717, 1.165) is 36.1 Å². The van der Waals surface area contributed by atoms with Crippen LogP contribution in [0.25, 0.3) is 0 Å². The molecule has 1 atom stereocenters. The average molecular weight is 519 g/mol. The molecule has 1 aliphatic carbocycles. The van der Waals surface area contributed by atoms with Gasteiger partial charge in [-0.05, 0) is 91.9 Å². The van der Waals surface area contributed by atoms with Gasteiger partial charge in [0.2, 0.25) is 5.91 Å². The van der Waals surface area contributed by atoms with E-state index in [4.69, 9.17) is 9.47 Å². The Bertz CT molecular complexity index is 1260. The summed E-state index contributed by atoms with van der Waals surface area (Å²) in [5.41, 5.74) is 4.00. The Labute approximate surface area is 222 Å². The van der Waals surface area contributed by atoms with Gasteiger partial charge >= 0.3 is 0 Å². The van der Waals surface area contributed by atoms with Crippen molar-refractivity contribution in [3.63, 3.8) is 0 Å². The number of amides is 2. The number of carbonyl (C=O) groups is 2. The van der Waals surface area contributed by atoms with E-state index in [9.17, 15) is 9.59 Å². The highest BCUT2D eigenvalue weighted by Gasteiger charge is 2.35. The summed E-state index contributed by atoms with van der Waals surface area (Å²) in [5, 5.41) is 2.09. The van der Waals surface area contributed by atoms with Gasteiger partial charge in [-0.2, -0.15) is 0 Å². The predicted molar refractivity (Wildman–Crippen MR) is 146 cm³/mol. The second kappa shape index (κ2) is 11.0. The Morgan fingerprint density at radius 3 is 2.57 bits per heavy atom. The number of nitrogens with zero attached hydrogens (tertiary/aromatic N) is 2. The van der Waals surface area contributed by atoms with E-state index in [1.54, 1.807) is 47.6 Å². The van der Waals surface area contributed by atoms with Crippen LogP contribution in [0, 0.1) is 19.8 Å². The van der Waals surface area contributed by atoms with Crippen LogP contribution in [0.2, 0.25) is 0 Å². The van der Waals surface area contributed by atoms with Crippen LogP contribution in [0.5, 0.6) is 11.5 Å². The van der Waals surface area contributed by atoms with Crippen LogP contribution in [0.1, 0.15) is 50.8 Å². The summed E-state index contributed by atoms with van der Waals surface area (Å²) < 4.78 is 11.5. The molecule has 1 fully saturated rings. The van der Waals surface area contributed by atoms with E-state index in [1.807, 2.05) is 24.0 Å². The molecule has 37 heavy (non-hydrogen) atoms. The Hall–Kier alpha value is -3.32. The summed E-state index contributed by atoms with van der Waals surface area (Å²) in [5.74, 6) is 1.87. The third kappa shape index (κ3) is 5.82. The van der Waals surface area contributed by atoms with Gasteiger partial charge in [-0.3, -0.25) is 9.59 Å². The maximum atomic E-state index is 13.8. The zero-order chi connectivity index (χ0) is 25.9. The van der Waals surface area contributed by atoms with Crippen LogP contribution < -0.4 is 9.47 Å². The monoisotopic (exact) mass is 518 g/mol. The van der Waals surface area contributed by atoms with Crippen molar-refractivity contribution in [2.24, 2.45) is 5.92 Å². The second-order valence-corrected chi connectivity index (χ2v) is 11.1. The van der Waals surface area contributed by atoms with Crippen molar-refractivity contribution in [2.75, 3.05) is 33.4 Å². The summed E-state index contributed by atoms with van der Waals surface area (Å²) >= 11 is 1.74. The van der Waals surface area contributed by atoms with E-state index in [2.05, 4.69) is 24.4 Å². The van der Waals surface area contributed by atoms with Gasteiger partial charge in [-0.25, -0.2) is 0 Å². The van der Waals surface area contributed by atoms with Gasteiger partial charge in [0.1, 0.15) is 24.7 Å². The van der Waals surface area contributed by atoms with Crippen molar-refractivity contribution in [1.82, 2.24) is 9.80 Å². The Kier molecular flexibility index (Phi) is 7.51. The molecule has 3 aromatic rings. The normalized spacial score (nSPS) is 16.7. The topological polar surface area (TPSA) is 59.1 Å². The highest BCUT2D eigenvalue weighted by Crippen LogP contribution is 2.35. The molecule has 2 heterocycles. The summed E-state index contributed by atoms with van der Waals surface area (Å²) in [4.78, 5) is 32.2. The summed E-state index contributed by atoms with van der Waals surface area (Å²) in [6, 6.07) is 15.2. The van der Waals surface area contributed by atoms with Gasteiger partial charge in [-0.1, -0.05) is 17.7 Å². The molecule has 1 aliphatic heterocycles. The first kappa shape index (κ1) is 25.3. The van der Waals surface area contributed by atoms with Gasteiger partial charge in [0.05, 0.1) is 13.2 Å². The lowest BCUT2D eigenvalue weighted by Crippen LogP contribution is -2.48. The third-order valence-corrected chi connectivity index (χ3v) is 8.26. The molecular weight excluding hydrogens is 484 g/mol. The molecule has 2 aromatic carbocycles. The van der Waals surface area contributed by atoms with Crippen LogP contribution >= 0.6 is 11.3 Å². The minimum absolute atomic E-state index is 0.0337. The molecule has 0 N–H and O–H groups in total. The number of hydrogen-bond acceptors (Lipinski definition) is 5. The van der Waals surface area contributed by atoms with E-state index in [0.29, 0.717) is 36.9 Å². The maximum Gasteiger partial charge on any atom is 0.254 e. The number of hydrogen-bond donors (Lipinski definition) is 0.